The van der Waals surface area contributed by atoms with Gasteiger partial charge in [-0.2, -0.15) is 0 Å². The molecule has 0 aliphatic carbocycles. The third-order valence-electron chi connectivity index (χ3n) is 2.51. The molecule has 6 heteroatoms. The summed E-state index contributed by atoms with van der Waals surface area (Å²) in [5, 5.41) is 13.6. The molecule has 0 atom stereocenters. The molecule has 1 N–H and O–H groups in total. The minimum Gasteiger partial charge on any atom is -0.404 e. The van der Waals surface area contributed by atoms with Gasteiger partial charge in [-0.15, -0.1) is 0 Å². The predicted molar refractivity (Wildman–Crippen MR) is 66.4 cm³/mol. The van der Waals surface area contributed by atoms with Gasteiger partial charge < -0.3 is 9.73 Å². The quantitative estimate of drug-likeness (QED) is 0.663. The maximum absolute atomic E-state index is 10.5. The molecule has 2 aromatic rings. The van der Waals surface area contributed by atoms with Crippen molar-refractivity contribution in [1.29, 1.82) is 0 Å². The van der Waals surface area contributed by atoms with E-state index in [1.807, 2.05) is 26.0 Å². The summed E-state index contributed by atoms with van der Waals surface area (Å²) < 4.78 is 5.05. The van der Waals surface area contributed by atoms with Gasteiger partial charge in [-0.05, 0) is 32.0 Å². The van der Waals surface area contributed by atoms with E-state index in [-0.39, 0.29) is 5.88 Å². The van der Waals surface area contributed by atoms with Crippen LogP contribution in [-0.2, 0) is 6.54 Å². The van der Waals surface area contributed by atoms with Crippen LogP contribution in [0.5, 0.6) is 0 Å². The first kappa shape index (κ1) is 12.1. The molecule has 6 nitrogen and oxygen atoms in total. The highest BCUT2D eigenvalue weighted by atomic mass is 16.6. The topological polar surface area (TPSA) is 81.2 Å². The minimum atomic E-state index is -0.553. The average Bonchev–Trinajstić information content (AvgIpc) is 2.76. The second-order valence-corrected chi connectivity index (χ2v) is 3.94. The lowest BCUT2D eigenvalue weighted by atomic mass is 10.2. The molecule has 0 aliphatic heterocycles. The van der Waals surface area contributed by atoms with Crippen molar-refractivity contribution in [2.45, 2.75) is 20.4 Å². The molecule has 18 heavy (non-hydrogen) atoms. The predicted octanol–water partition coefficient (Wildman–Crippen LogP) is 2.81. The van der Waals surface area contributed by atoms with Crippen LogP contribution in [-0.4, -0.2) is 9.91 Å². The molecule has 0 aromatic carbocycles. The number of aromatic nitrogens is 1. The molecular weight excluding hydrogens is 234 g/mol. The summed E-state index contributed by atoms with van der Waals surface area (Å²) >= 11 is 0. The molecule has 0 spiro atoms. The Morgan fingerprint density at radius 3 is 2.72 bits per heavy atom. The Bertz CT molecular complexity index is 578. The standard InChI is InChI=1S/C12H13N3O3/c1-8-3-5-11(9(2)14-8)13-7-10-4-6-12(18-10)15(16)17/h3-6,13H,7H2,1-2H3. The molecule has 0 saturated heterocycles. The van der Waals surface area contributed by atoms with Gasteiger partial charge in [0.2, 0.25) is 0 Å². The molecule has 0 aliphatic rings. The maximum atomic E-state index is 10.5. The summed E-state index contributed by atoms with van der Waals surface area (Å²) in [4.78, 5) is 14.2. The van der Waals surface area contributed by atoms with E-state index in [1.165, 1.54) is 6.07 Å². The Morgan fingerprint density at radius 2 is 2.11 bits per heavy atom. The van der Waals surface area contributed by atoms with Gasteiger partial charge in [0.15, 0.2) is 0 Å². The normalized spacial score (nSPS) is 10.3. The highest BCUT2D eigenvalue weighted by molar-refractivity contribution is 5.47. The average molecular weight is 247 g/mol. The SMILES string of the molecule is Cc1ccc(NCc2ccc([N+](=O)[O-])o2)c(C)n1. The van der Waals surface area contributed by atoms with Crippen molar-refractivity contribution in [2.75, 3.05) is 5.32 Å². The van der Waals surface area contributed by atoms with Crippen molar-refractivity contribution in [2.24, 2.45) is 0 Å². The smallest absolute Gasteiger partial charge is 0.404 e. The van der Waals surface area contributed by atoms with Gasteiger partial charge in [0.25, 0.3) is 0 Å². The van der Waals surface area contributed by atoms with Gasteiger partial charge in [0, 0.05) is 5.69 Å². The van der Waals surface area contributed by atoms with Crippen LogP contribution in [0.15, 0.2) is 28.7 Å². The van der Waals surface area contributed by atoms with Crippen molar-refractivity contribution in [1.82, 2.24) is 4.98 Å². The van der Waals surface area contributed by atoms with Gasteiger partial charge in [0.1, 0.15) is 10.7 Å². The van der Waals surface area contributed by atoms with Crippen molar-refractivity contribution >= 4 is 11.6 Å². The third-order valence-corrected chi connectivity index (χ3v) is 2.51. The third kappa shape index (κ3) is 2.65. The van der Waals surface area contributed by atoms with Gasteiger partial charge >= 0.3 is 5.88 Å². The number of rotatable bonds is 4. The maximum Gasteiger partial charge on any atom is 0.433 e. The van der Waals surface area contributed by atoms with Crippen LogP contribution in [0.25, 0.3) is 0 Å². The number of furan rings is 1. The fourth-order valence-electron chi connectivity index (χ4n) is 1.62. The van der Waals surface area contributed by atoms with E-state index >= 15 is 0 Å². The molecule has 2 rings (SSSR count). The monoisotopic (exact) mass is 247 g/mol. The summed E-state index contributed by atoms with van der Waals surface area (Å²) in [5.41, 5.74) is 2.72. The molecular formula is C12H13N3O3. The lowest BCUT2D eigenvalue weighted by Crippen LogP contribution is -2.01. The van der Waals surface area contributed by atoms with E-state index in [1.54, 1.807) is 6.07 Å². The molecule has 0 unspecified atom stereocenters. The zero-order chi connectivity index (χ0) is 13.1. The molecule has 2 heterocycles. The number of anilines is 1. The van der Waals surface area contributed by atoms with Gasteiger partial charge in [-0.1, -0.05) is 0 Å². The summed E-state index contributed by atoms with van der Waals surface area (Å²) in [6.07, 6.45) is 0. The summed E-state index contributed by atoms with van der Waals surface area (Å²) in [5.74, 6) is 0.271. The van der Waals surface area contributed by atoms with Crippen LogP contribution in [0.1, 0.15) is 17.1 Å². The summed E-state index contributed by atoms with van der Waals surface area (Å²) in [6.45, 7) is 4.21. The summed E-state index contributed by atoms with van der Waals surface area (Å²) in [6, 6.07) is 6.76. The second-order valence-electron chi connectivity index (χ2n) is 3.94. The fourth-order valence-corrected chi connectivity index (χ4v) is 1.62. The highest BCUT2D eigenvalue weighted by Crippen LogP contribution is 2.18. The van der Waals surface area contributed by atoms with Crippen LogP contribution < -0.4 is 5.32 Å². The molecule has 0 fully saturated rings. The zero-order valence-corrected chi connectivity index (χ0v) is 10.1. The number of hydrogen-bond donors (Lipinski definition) is 1. The molecule has 2 aromatic heterocycles. The van der Waals surface area contributed by atoms with E-state index in [0.29, 0.717) is 12.3 Å². The van der Waals surface area contributed by atoms with E-state index in [2.05, 4.69) is 10.3 Å². The number of nitrogens with zero attached hydrogens (tertiary/aromatic N) is 2. The largest absolute Gasteiger partial charge is 0.433 e. The van der Waals surface area contributed by atoms with E-state index in [4.69, 9.17) is 4.42 Å². The number of pyridine rings is 1. The Kier molecular flexibility index (Phi) is 3.27. The van der Waals surface area contributed by atoms with Gasteiger partial charge in [-0.25, -0.2) is 0 Å². The van der Waals surface area contributed by atoms with Crippen molar-refractivity contribution in [3.8, 4) is 0 Å². The van der Waals surface area contributed by atoms with Gasteiger partial charge in [-0.3, -0.25) is 15.1 Å². The first-order valence-electron chi connectivity index (χ1n) is 5.47. The Labute approximate surface area is 104 Å². The van der Waals surface area contributed by atoms with E-state index < -0.39 is 4.92 Å². The Balaban J connectivity index is 2.04. The van der Waals surface area contributed by atoms with Crippen LogP contribution in [0.3, 0.4) is 0 Å². The second kappa shape index (κ2) is 4.87. The lowest BCUT2D eigenvalue weighted by Gasteiger charge is -2.07. The first-order valence-corrected chi connectivity index (χ1v) is 5.47. The molecule has 0 amide bonds. The minimum absolute atomic E-state index is 0.245. The van der Waals surface area contributed by atoms with Crippen LogP contribution >= 0.6 is 0 Å². The number of hydrogen-bond acceptors (Lipinski definition) is 5. The molecule has 0 saturated carbocycles. The van der Waals surface area contributed by atoms with Crippen molar-refractivity contribution in [3.05, 3.63) is 51.5 Å². The Morgan fingerprint density at radius 1 is 1.33 bits per heavy atom. The van der Waals surface area contributed by atoms with Crippen molar-refractivity contribution in [3.63, 3.8) is 0 Å². The van der Waals surface area contributed by atoms with E-state index in [0.717, 1.165) is 17.1 Å². The molecule has 0 radical (unpaired) electrons. The van der Waals surface area contributed by atoms with E-state index in [9.17, 15) is 10.1 Å². The lowest BCUT2D eigenvalue weighted by molar-refractivity contribution is -0.402. The number of aryl methyl sites for hydroxylation is 2. The highest BCUT2D eigenvalue weighted by Gasteiger charge is 2.11. The van der Waals surface area contributed by atoms with Crippen LogP contribution in [0.4, 0.5) is 11.6 Å². The number of nitrogens with one attached hydrogen (secondary N) is 1. The molecule has 0 bridgehead atoms. The Hall–Kier alpha value is -2.37. The van der Waals surface area contributed by atoms with Crippen molar-refractivity contribution < 1.29 is 9.34 Å². The van der Waals surface area contributed by atoms with Crippen LogP contribution in [0, 0.1) is 24.0 Å². The first-order chi connectivity index (χ1) is 8.56. The van der Waals surface area contributed by atoms with Gasteiger partial charge in [0.05, 0.1) is 24.0 Å². The van der Waals surface area contributed by atoms with Crippen LogP contribution in [0.2, 0.25) is 0 Å². The summed E-state index contributed by atoms with van der Waals surface area (Å²) in [7, 11) is 0. The number of nitro groups is 1. The molecule has 94 valence electrons. The zero-order valence-electron chi connectivity index (χ0n) is 10.1. The fraction of sp³-hybridized carbons (Fsp3) is 0.250.